The fourth-order valence-corrected chi connectivity index (χ4v) is 1.71. The van der Waals surface area contributed by atoms with Crippen molar-refractivity contribution in [2.24, 2.45) is 0 Å². The molecular weight excluding hydrogens is 166 g/mol. The Balaban J connectivity index is 2.45. The topological polar surface area (TPSA) is 46.9 Å². The maximum absolute atomic E-state index is 11.3. The first kappa shape index (κ1) is 8.29. The number of amides is 1. The summed E-state index contributed by atoms with van der Waals surface area (Å²) in [5, 5.41) is 7.05. The third kappa shape index (κ3) is 1.22. The lowest BCUT2D eigenvalue weighted by atomic mass is 9.97. The lowest BCUT2D eigenvalue weighted by Crippen LogP contribution is -2.22. The Morgan fingerprint density at radius 1 is 1.77 bits per heavy atom. The van der Waals surface area contributed by atoms with Crippen LogP contribution in [0.4, 0.5) is 5.82 Å². The molecule has 4 nitrogen and oxygen atoms in total. The van der Waals surface area contributed by atoms with Crippen molar-refractivity contribution in [3.8, 4) is 0 Å². The zero-order valence-corrected chi connectivity index (χ0v) is 7.87. The highest BCUT2D eigenvalue weighted by Crippen LogP contribution is 2.31. The Hall–Kier alpha value is -1.32. The summed E-state index contributed by atoms with van der Waals surface area (Å²) >= 11 is 0. The summed E-state index contributed by atoms with van der Waals surface area (Å²) in [5.41, 5.74) is 1.15. The van der Waals surface area contributed by atoms with Crippen LogP contribution in [0.15, 0.2) is 6.20 Å². The lowest BCUT2D eigenvalue weighted by Gasteiger charge is -2.19. The van der Waals surface area contributed by atoms with E-state index in [1.165, 1.54) is 0 Å². The summed E-state index contributed by atoms with van der Waals surface area (Å²) in [6.07, 6.45) is 2.42. The summed E-state index contributed by atoms with van der Waals surface area (Å²) in [6, 6.07) is 0. The molecule has 0 aliphatic carbocycles. The first-order chi connectivity index (χ1) is 6.22. The minimum atomic E-state index is 0.0928. The molecule has 13 heavy (non-hydrogen) atoms. The molecule has 1 aromatic heterocycles. The van der Waals surface area contributed by atoms with Gasteiger partial charge >= 0.3 is 0 Å². The van der Waals surface area contributed by atoms with Gasteiger partial charge in [0.2, 0.25) is 5.91 Å². The van der Waals surface area contributed by atoms with Crippen LogP contribution in [0.5, 0.6) is 0 Å². The van der Waals surface area contributed by atoms with Gasteiger partial charge in [-0.1, -0.05) is 6.92 Å². The Labute approximate surface area is 76.9 Å². The van der Waals surface area contributed by atoms with Gasteiger partial charge in [0.1, 0.15) is 5.82 Å². The van der Waals surface area contributed by atoms with E-state index in [2.05, 4.69) is 17.3 Å². The maximum atomic E-state index is 11.3. The monoisotopic (exact) mass is 179 g/mol. The number of hydrogen-bond donors (Lipinski definition) is 1. The summed E-state index contributed by atoms with van der Waals surface area (Å²) in [5.74, 6) is 1.27. The van der Waals surface area contributed by atoms with Crippen molar-refractivity contribution >= 4 is 11.7 Å². The number of hydrogen-bond acceptors (Lipinski definition) is 2. The number of carbonyl (C=O) groups excluding carboxylic acids is 1. The van der Waals surface area contributed by atoms with Gasteiger partial charge in [0.05, 0.1) is 6.20 Å². The van der Waals surface area contributed by atoms with Crippen LogP contribution < -0.4 is 5.32 Å². The minimum Gasteiger partial charge on any atom is -0.311 e. The van der Waals surface area contributed by atoms with Gasteiger partial charge in [0.15, 0.2) is 0 Å². The number of nitrogens with zero attached hydrogens (tertiary/aromatic N) is 2. The quantitative estimate of drug-likeness (QED) is 0.707. The van der Waals surface area contributed by atoms with E-state index < -0.39 is 0 Å². The SMILES string of the molecule is CCn1ncc2c1NC(=O)CC2C. The smallest absolute Gasteiger partial charge is 0.226 e. The van der Waals surface area contributed by atoms with E-state index in [0.29, 0.717) is 12.3 Å². The normalized spacial score (nSPS) is 21.1. The Morgan fingerprint density at radius 2 is 2.54 bits per heavy atom. The van der Waals surface area contributed by atoms with Gasteiger partial charge in [0.25, 0.3) is 0 Å². The highest BCUT2D eigenvalue weighted by molar-refractivity contribution is 5.93. The predicted octanol–water partition coefficient (Wildman–Crippen LogP) is 1.35. The maximum Gasteiger partial charge on any atom is 0.226 e. The van der Waals surface area contributed by atoms with Gasteiger partial charge in [-0.05, 0) is 12.8 Å². The molecule has 1 aliphatic heterocycles. The summed E-state index contributed by atoms with van der Waals surface area (Å²) in [7, 11) is 0. The second-order valence-corrected chi connectivity index (χ2v) is 3.42. The van der Waals surface area contributed by atoms with Crippen LogP contribution in [0.25, 0.3) is 0 Å². The zero-order valence-electron chi connectivity index (χ0n) is 7.87. The lowest BCUT2D eigenvalue weighted by molar-refractivity contribution is -0.116. The van der Waals surface area contributed by atoms with Crippen molar-refractivity contribution in [1.82, 2.24) is 9.78 Å². The van der Waals surface area contributed by atoms with Crippen molar-refractivity contribution in [3.63, 3.8) is 0 Å². The first-order valence-electron chi connectivity index (χ1n) is 4.58. The van der Waals surface area contributed by atoms with E-state index >= 15 is 0 Å². The van der Waals surface area contributed by atoms with Crippen molar-refractivity contribution in [2.75, 3.05) is 5.32 Å². The van der Waals surface area contributed by atoms with E-state index in [4.69, 9.17) is 0 Å². The third-order valence-corrected chi connectivity index (χ3v) is 2.45. The van der Waals surface area contributed by atoms with E-state index in [9.17, 15) is 4.79 Å². The molecule has 70 valence electrons. The molecule has 0 saturated carbocycles. The number of rotatable bonds is 1. The molecule has 1 N–H and O–H groups in total. The van der Waals surface area contributed by atoms with E-state index in [1.807, 2.05) is 17.8 Å². The summed E-state index contributed by atoms with van der Waals surface area (Å²) in [4.78, 5) is 11.3. The largest absolute Gasteiger partial charge is 0.311 e. The molecule has 2 rings (SSSR count). The van der Waals surface area contributed by atoms with Crippen LogP contribution in [0.2, 0.25) is 0 Å². The third-order valence-electron chi connectivity index (χ3n) is 2.45. The Kier molecular flexibility index (Phi) is 1.83. The standard InChI is InChI=1S/C9H13N3O/c1-3-12-9-7(5-10-12)6(2)4-8(13)11-9/h5-6H,3-4H2,1-2H3,(H,11,13). The van der Waals surface area contributed by atoms with Crippen molar-refractivity contribution in [1.29, 1.82) is 0 Å². The van der Waals surface area contributed by atoms with Gasteiger partial charge in [0, 0.05) is 18.5 Å². The van der Waals surface area contributed by atoms with Crippen LogP contribution >= 0.6 is 0 Å². The van der Waals surface area contributed by atoms with E-state index in [-0.39, 0.29) is 5.91 Å². The van der Waals surface area contributed by atoms with Crippen molar-refractivity contribution < 1.29 is 4.79 Å². The van der Waals surface area contributed by atoms with Gasteiger partial charge in [-0.3, -0.25) is 4.79 Å². The first-order valence-corrected chi connectivity index (χ1v) is 4.58. The number of anilines is 1. The van der Waals surface area contributed by atoms with Crippen LogP contribution in [-0.2, 0) is 11.3 Å². The molecule has 1 atom stereocenters. The number of aryl methyl sites for hydroxylation is 1. The molecular formula is C9H13N3O. The highest BCUT2D eigenvalue weighted by Gasteiger charge is 2.24. The van der Waals surface area contributed by atoms with Crippen LogP contribution in [0.3, 0.4) is 0 Å². The molecule has 0 radical (unpaired) electrons. The zero-order chi connectivity index (χ0) is 9.42. The fraction of sp³-hybridized carbons (Fsp3) is 0.556. The van der Waals surface area contributed by atoms with Crippen LogP contribution in [-0.4, -0.2) is 15.7 Å². The fourth-order valence-electron chi connectivity index (χ4n) is 1.71. The number of aromatic nitrogens is 2. The van der Waals surface area contributed by atoms with Gasteiger partial charge < -0.3 is 5.32 Å². The summed E-state index contributed by atoms with van der Waals surface area (Å²) < 4.78 is 1.82. The average Bonchev–Trinajstić information content (AvgIpc) is 2.47. The number of nitrogens with one attached hydrogen (secondary N) is 1. The van der Waals surface area contributed by atoms with E-state index in [0.717, 1.165) is 17.9 Å². The molecule has 2 heterocycles. The van der Waals surface area contributed by atoms with Crippen LogP contribution in [0, 0.1) is 0 Å². The van der Waals surface area contributed by atoms with Gasteiger partial charge in [-0.2, -0.15) is 5.10 Å². The predicted molar refractivity (Wildman–Crippen MR) is 49.6 cm³/mol. The average molecular weight is 179 g/mol. The van der Waals surface area contributed by atoms with Gasteiger partial charge in [-0.25, -0.2) is 4.68 Å². The Bertz CT molecular complexity index is 343. The van der Waals surface area contributed by atoms with E-state index in [1.54, 1.807) is 0 Å². The molecule has 0 saturated heterocycles. The molecule has 1 aliphatic rings. The highest BCUT2D eigenvalue weighted by atomic mass is 16.1. The second-order valence-electron chi connectivity index (χ2n) is 3.42. The van der Waals surface area contributed by atoms with Gasteiger partial charge in [-0.15, -0.1) is 0 Å². The Morgan fingerprint density at radius 3 is 3.23 bits per heavy atom. The molecule has 0 spiro atoms. The number of carbonyl (C=O) groups is 1. The van der Waals surface area contributed by atoms with Crippen molar-refractivity contribution in [3.05, 3.63) is 11.8 Å². The molecule has 1 unspecified atom stereocenters. The second kappa shape index (κ2) is 2.87. The molecule has 0 bridgehead atoms. The molecule has 0 fully saturated rings. The molecule has 1 amide bonds. The van der Waals surface area contributed by atoms with Crippen LogP contribution in [0.1, 0.15) is 31.7 Å². The molecule has 0 aromatic carbocycles. The summed E-state index contributed by atoms with van der Waals surface area (Å²) in [6.45, 7) is 4.86. The van der Waals surface area contributed by atoms with Crippen molar-refractivity contribution in [2.45, 2.75) is 32.7 Å². The molecule has 1 aromatic rings. The number of fused-ring (bicyclic) bond motifs is 1. The molecule has 4 heteroatoms. The minimum absolute atomic E-state index is 0.0928.